The highest BCUT2D eigenvalue weighted by Gasteiger charge is 2.60. The normalized spacial score (nSPS) is 28.2. The average molecular weight is 502 g/mol. The third kappa shape index (κ3) is 3.89. The number of hydrogen-bond acceptors (Lipinski definition) is 2. The monoisotopic (exact) mass is 501 g/mol. The van der Waals surface area contributed by atoms with Gasteiger partial charge in [-0.05, 0) is 73.0 Å². The van der Waals surface area contributed by atoms with Crippen LogP contribution in [0.1, 0.15) is 75.6 Å². The lowest BCUT2D eigenvalue weighted by atomic mass is 9.68. The number of amides is 1. The number of rotatable bonds is 5. The Balaban J connectivity index is 1.37. The van der Waals surface area contributed by atoms with Crippen LogP contribution in [0.15, 0.2) is 54.6 Å². The van der Waals surface area contributed by atoms with E-state index in [2.05, 4.69) is 67.2 Å². The number of hydrogen-bond donors (Lipinski definition) is 1. The predicted molar refractivity (Wildman–Crippen MR) is 145 cm³/mol. The molecular weight excluding hydrogens is 466 g/mol. The second-order valence-corrected chi connectivity index (χ2v) is 12.6. The molecule has 0 aliphatic heterocycles. The summed E-state index contributed by atoms with van der Waals surface area (Å²) in [6.45, 7) is 7.76. The number of halogens is 1. The topological polar surface area (TPSA) is 46.9 Å². The van der Waals surface area contributed by atoms with Gasteiger partial charge in [0.25, 0.3) is 0 Å². The van der Waals surface area contributed by atoms with Crippen molar-refractivity contribution in [3.8, 4) is 11.3 Å². The van der Waals surface area contributed by atoms with E-state index in [0.29, 0.717) is 12.5 Å². The molecule has 5 heteroatoms. The SMILES string of the molecule is CC12CCC(C1)C(C)(C)C2NC(=O)C1CCCc2c1nn(Cc1ccccc1)c2-c1ccc(Cl)cc1. The van der Waals surface area contributed by atoms with E-state index in [1.807, 2.05) is 18.2 Å². The van der Waals surface area contributed by atoms with Crippen LogP contribution in [0.4, 0.5) is 0 Å². The lowest BCUT2D eigenvalue weighted by Gasteiger charge is -2.43. The minimum Gasteiger partial charge on any atom is -0.352 e. The second kappa shape index (κ2) is 8.76. The molecule has 6 rings (SSSR count). The molecule has 0 radical (unpaired) electrons. The Kier molecular flexibility index (Phi) is 5.79. The summed E-state index contributed by atoms with van der Waals surface area (Å²) >= 11 is 6.22. The van der Waals surface area contributed by atoms with Gasteiger partial charge in [-0.15, -0.1) is 0 Å². The molecule has 1 amide bonds. The number of aromatic nitrogens is 2. The van der Waals surface area contributed by atoms with Crippen molar-refractivity contribution in [2.45, 2.75) is 77.8 Å². The van der Waals surface area contributed by atoms with Crippen LogP contribution in [0.2, 0.25) is 5.02 Å². The smallest absolute Gasteiger partial charge is 0.229 e. The molecule has 4 atom stereocenters. The summed E-state index contributed by atoms with van der Waals surface area (Å²) in [5, 5.41) is 9.44. The first kappa shape index (κ1) is 23.8. The maximum Gasteiger partial charge on any atom is 0.229 e. The van der Waals surface area contributed by atoms with Gasteiger partial charge in [0.1, 0.15) is 0 Å². The van der Waals surface area contributed by atoms with Crippen LogP contribution in [0.5, 0.6) is 0 Å². The van der Waals surface area contributed by atoms with E-state index in [0.717, 1.165) is 41.2 Å². The van der Waals surface area contributed by atoms with Gasteiger partial charge in [0, 0.05) is 22.2 Å². The zero-order valence-corrected chi connectivity index (χ0v) is 22.3. The molecule has 3 aliphatic rings. The molecule has 3 aliphatic carbocycles. The summed E-state index contributed by atoms with van der Waals surface area (Å²) in [6.07, 6.45) is 6.53. The van der Waals surface area contributed by atoms with Crippen molar-refractivity contribution >= 4 is 17.5 Å². The second-order valence-electron chi connectivity index (χ2n) is 12.2. The Bertz CT molecular complexity index is 1270. The van der Waals surface area contributed by atoms with Crippen molar-refractivity contribution in [3.63, 3.8) is 0 Å². The molecule has 3 aromatic rings. The highest BCUT2D eigenvalue weighted by molar-refractivity contribution is 6.30. The fraction of sp³-hybridized carbons (Fsp3) is 0.484. The first-order chi connectivity index (χ1) is 17.3. The van der Waals surface area contributed by atoms with E-state index in [9.17, 15) is 4.79 Å². The summed E-state index contributed by atoms with van der Waals surface area (Å²) in [5.41, 5.74) is 5.96. The van der Waals surface area contributed by atoms with Gasteiger partial charge in [-0.25, -0.2) is 0 Å². The van der Waals surface area contributed by atoms with E-state index in [-0.39, 0.29) is 28.7 Å². The molecule has 36 heavy (non-hydrogen) atoms. The van der Waals surface area contributed by atoms with Gasteiger partial charge in [0.2, 0.25) is 5.91 Å². The maximum atomic E-state index is 13.9. The van der Waals surface area contributed by atoms with E-state index in [1.54, 1.807) is 0 Å². The number of nitrogens with one attached hydrogen (secondary N) is 1. The number of nitrogens with zero attached hydrogens (tertiary/aromatic N) is 2. The van der Waals surface area contributed by atoms with E-state index in [4.69, 9.17) is 16.7 Å². The minimum atomic E-state index is -0.199. The summed E-state index contributed by atoms with van der Waals surface area (Å²) in [6, 6.07) is 18.7. The van der Waals surface area contributed by atoms with Crippen molar-refractivity contribution < 1.29 is 4.79 Å². The largest absolute Gasteiger partial charge is 0.352 e. The fourth-order valence-corrected chi connectivity index (χ4v) is 7.75. The van der Waals surface area contributed by atoms with Crippen LogP contribution >= 0.6 is 11.6 Å². The highest BCUT2D eigenvalue weighted by atomic mass is 35.5. The van der Waals surface area contributed by atoms with Crippen LogP contribution in [-0.4, -0.2) is 21.7 Å². The molecule has 4 unspecified atom stereocenters. The van der Waals surface area contributed by atoms with Gasteiger partial charge in [-0.2, -0.15) is 5.10 Å². The van der Waals surface area contributed by atoms with Gasteiger partial charge >= 0.3 is 0 Å². The zero-order chi connectivity index (χ0) is 25.1. The Morgan fingerprint density at radius 1 is 1.08 bits per heavy atom. The lowest BCUT2D eigenvalue weighted by Crippen LogP contribution is -2.53. The number of carbonyl (C=O) groups is 1. The molecule has 2 saturated carbocycles. The summed E-state index contributed by atoms with van der Waals surface area (Å²) < 4.78 is 2.11. The van der Waals surface area contributed by atoms with Crippen molar-refractivity contribution in [3.05, 3.63) is 76.4 Å². The third-order valence-electron chi connectivity index (χ3n) is 9.50. The molecule has 0 spiro atoms. The van der Waals surface area contributed by atoms with Crippen molar-refractivity contribution in [2.24, 2.45) is 16.7 Å². The average Bonchev–Trinajstić information content (AvgIpc) is 3.49. The van der Waals surface area contributed by atoms with E-state index in [1.165, 1.54) is 30.4 Å². The van der Waals surface area contributed by atoms with E-state index >= 15 is 0 Å². The Hall–Kier alpha value is -2.59. The molecule has 2 bridgehead atoms. The first-order valence-corrected chi connectivity index (χ1v) is 13.8. The molecule has 188 valence electrons. The molecule has 2 fully saturated rings. The van der Waals surface area contributed by atoms with Crippen molar-refractivity contribution in [1.82, 2.24) is 15.1 Å². The van der Waals surface area contributed by atoms with Gasteiger partial charge < -0.3 is 5.32 Å². The standard InChI is InChI=1S/C31H36ClN3O/c1-30(2)22-16-17-31(3,18-22)29(30)33-28(36)25-11-7-10-24-26(25)34-35(19-20-8-5-4-6-9-20)27(24)21-12-14-23(32)15-13-21/h4-6,8-9,12-15,22,25,29H,7,10-11,16-19H2,1-3H3,(H,33,36). The van der Waals surface area contributed by atoms with Gasteiger partial charge in [-0.3, -0.25) is 9.48 Å². The Morgan fingerprint density at radius 2 is 1.83 bits per heavy atom. The Morgan fingerprint density at radius 3 is 2.53 bits per heavy atom. The van der Waals surface area contributed by atoms with Gasteiger partial charge in [0.15, 0.2) is 0 Å². The first-order valence-electron chi connectivity index (χ1n) is 13.5. The number of fused-ring (bicyclic) bond motifs is 3. The van der Waals surface area contributed by atoms with Gasteiger partial charge in [0.05, 0.1) is 23.9 Å². The van der Waals surface area contributed by atoms with Crippen LogP contribution in [0.25, 0.3) is 11.3 Å². The molecule has 2 aromatic carbocycles. The van der Waals surface area contributed by atoms with Gasteiger partial charge in [-0.1, -0.05) is 74.8 Å². The van der Waals surface area contributed by atoms with Crippen molar-refractivity contribution in [1.29, 1.82) is 0 Å². The molecule has 4 nitrogen and oxygen atoms in total. The molecule has 1 aromatic heterocycles. The zero-order valence-electron chi connectivity index (χ0n) is 21.6. The molecule has 0 saturated heterocycles. The molecule has 1 N–H and O–H groups in total. The van der Waals surface area contributed by atoms with Crippen molar-refractivity contribution in [2.75, 3.05) is 0 Å². The number of carbonyl (C=O) groups excluding carboxylic acids is 1. The quantitative estimate of drug-likeness (QED) is 0.409. The number of benzene rings is 2. The van der Waals surface area contributed by atoms with Crippen LogP contribution < -0.4 is 5.32 Å². The van der Waals surface area contributed by atoms with E-state index < -0.39 is 0 Å². The lowest BCUT2D eigenvalue weighted by molar-refractivity contribution is -0.125. The summed E-state index contributed by atoms with van der Waals surface area (Å²) in [7, 11) is 0. The summed E-state index contributed by atoms with van der Waals surface area (Å²) in [4.78, 5) is 13.9. The predicted octanol–water partition coefficient (Wildman–Crippen LogP) is 7.00. The van der Waals surface area contributed by atoms with Crippen LogP contribution in [-0.2, 0) is 17.8 Å². The summed E-state index contributed by atoms with van der Waals surface area (Å²) in [5.74, 6) is 0.668. The highest BCUT2D eigenvalue weighted by Crippen LogP contribution is 2.62. The third-order valence-corrected chi connectivity index (χ3v) is 9.75. The fourth-order valence-electron chi connectivity index (χ4n) is 7.63. The Labute approximate surface area is 219 Å². The maximum absolute atomic E-state index is 13.9. The van der Waals surface area contributed by atoms with Crippen LogP contribution in [0.3, 0.4) is 0 Å². The minimum absolute atomic E-state index is 0.140. The van der Waals surface area contributed by atoms with Crippen LogP contribution in [0, 0.1) is 16.7 Å². The molecular formula is C31H36ClN3O. The molecule has 1 heterocycles.